The number of benzene rings is 3. The van der Waals surface area contributed by atoms with Crippen LogP contribution in [-0.4, -0.2) is 30.4 Å². The summed E-state index contributed by atoms with van der Waals surface area (Å²) in [6, 6.07) is 15.1. The minimum atomic E-state index is -0.819. The summed E-state index contributed by atoms with van der Waals surface area (Å²) < 4.78 is 25.0. The quantitative estimate of drug-likeness (QED) is 0.164. The average molecular weight is 702 g/mol. The summed E-state index contributed by atoms with van der Waals surface area (Å²) in [5, 5.41) is 1.26. The van der Waals surface area contributed by atoms with Crippen LogP contribution in [0.15, 0.2) is 75.7 Å². The largest absolute Gasteiger partial charge is 0.493 e. The van der Waals surface area contributed by atoms with Gasteiger partial charge in [-0.15, -0.1) is 0 Å². The normalized spacial score (nSPS) is 14.6. The van der Waals surface area contributed by atoms with Gasteiger partial charge in [0.05, 0.1) is 40.6 Å². The Morgan fingerprint density at radius 2 is 1.83 bits per heavy atom. The van der Waals surface area contributed by atoms with Crippen molar-refractivity contribution in [2.75, 3.05) is 13.7 Å². The van der Waals surface area contributed by atoms with Crippen LogP contribution in [-0.2, 0) is 16.1 Å². The van der Waals surface area contributed by atoms with Gasteiger partial charge in [-0.2, -0.15) is 0 Å². The molecule has 3 aromatic carbocycles. The van der Waals surface area contributed by atoms with E-state index >= 15 is 0 Å². The van der Waals surface area contributed by atoms with Gasteiger partial charge in [0.15, 0.2) is 16.3 Å². The SMILES string of the molecule is CCOC(=O)C1=C(C)N=c2s/c(=C/c3cc(Cl)c(OCc4ccc(Cl)cc4Cl)c(OC)c3)c(=O)n2[C@H]1c1ccccc1OC(C)C. The van der Waals surface area contributed by atoms with E-state index in [1.165, 1.54) is 23.0 Å². The van der Waals surface area contributed by atoms with E-state index in [4.69, 9.17) is 53.8 Å². The Labute approximate surface area is 285 Å². The van der Waals surface area contributed by atoms with E-state index in [9.17, 15) is 9.59 Å². The van der Waals surface area contributed by atoms with Crippen molar-refractivity contribution >= 4 is 58.2 Å². The predicted molar refractivity (Wildman–Crippen MR) is 181 cm³/mol. The van der Waals surface area contributed by atoms with Crippen LogP contribution >= 0.6 is 46.1 Å². The molecule has 1 atom stereocenters. The molecule has 0 spiro atoms. The fraction of sp³-hybridized carbons (Fsp3) is 0.265. The molecular weight excluding hydrogens is 671 g/mol. The van der Waals surface area contributed by atoms with Crippen molar-refractivity contribution in [3.63, 3.8) is 0 Å². The maximum Gasteiger partial charge on any atom is 0.338 e. The van der Waals surface area contributed by atoms with Gasteiger partial charge in [-0.1, -0.05) is 70.4 Å². The van der Waals surface area contributed by atoms with Crippen LogP contribution < -0.4 is 29.1 Å². The highest BCUT2D eigenvalue weighted by Gasteiger charge is 2.35. The number of fused-ring (bicyclic) bond motifs is 1. The number of esters is 1. The van der Waals surface area contributed by atoms with Crippen molar-refractivity contribution in [2.24, 2.45) is 4.99 Å². The Bertz CT molecular complexity index is 2020. The van der Waals surface area contributed by atoms with Crippen molar-refractivity contribution in [2.45, 2.75) is 46.4 Å². The van der Waals surface area contributed by atoms with E-state index in [0.29, 0.717) is 53.5 Å². The number of aromatic nitrogens is 1. The van der Waals surface area contributed by atoms with E-state index < -0.39 is 12.0 Å². The van der Waals surface area contributed by atoms with E-state index in [2.05, 4.69) is 4.99 Å². The van der Waals surface area contributed by atoms with Crippen molar-refractivity contribution in [1.82, 2.24) is 4.57 Å². The third-order valence-corrected chi connectivity index (χ3v) is 8.88. The molecule has 0 amide bonds. The molecule has 0 saturated carbocycles. The van der Waals surface area contributed by atoms with Crippen molar-refractivity contribution in [1.29, 1.82) is 0 Å². The number of carbonyl (C=O) groups is 1. The molecule has 46 heavy (non-hydrogen) atoms. The van der Waals surface area contributed by atoms with Gasteiger partial charge in [0, 0.05) is 21.2 Å². The van der Waals surface area contributed by atoms with Gasteiger partial charge in [0.1, 0.15) is 18.4 Å². The highest BCUT2D eigenvalue weighted by molar-refractivity contribution is 7.07. The molecule has 8 nitrogen and oxygen atoms in total. The summed E-state index contributed by atoms with van der Waals surface area (Å²) in [5.74, 6) is 0.704. The van der Waals surface area contributed by atoms with Crippen LogP contribution in [0.3, 0.4) is 0 Å². The summed E-state index contributed by atoms with van der Waals surface area (Å²) in [5.41, 5.74) is 2.37. The number of para-hydroxylation sites is 1. The number of halogens is 3. The first-order chi connectivity index (χ1) is 22.0. The maximum absolute atomic E-state index is 14.1. The molecular formula is C34H31Cl3N2O6S. The fourth-order valence-corrected chi connectivity index (χ4v) is 6.84. The number of thiazole rings is 1. The van der Waals surface area contributed by atoms with Gasteiger partial charge in [0.25, 0.3) is 5.56 Å². The molecule has 0 saturated heterocycles. The van der Waals surface area contributed by atoms with Crippen LogP contribution in [0.1, 0.15) is 50.4 Å². The molecule has 0 aliphatic carbocycles. The second-order valence-electron chi connectivity index (χ2n) is 10.6. The Kier molecular flexibility index (Phi) is 10.5. The lowest BCUT2D eigenvalue weighted by Crippen LogP contribution is -2.40. The molecule has 1 aliphatic heterocycles. The summed E-state index contributed by atoms with van der Waals surface area (Å²) in [6.45, 7) is 7.61. The number of allylic oxidation sites excluding steroid dienone is 1. The first-order valence-electron chi connectivity index (χ1n) is 14.4. The Balaban J connectivity index is 1.60. The minimum absolute atomic E-state index is 0.133. The van der Waals surface area contributed by atoms with Crippen molar-refractivity contribution < 1.29 is 23.7 Å². The van der Waals surface area contributed by atoms with Crippen LogP contribution in [0.2, 0.25) is 15.1 Å². The number of methoxy groups -OCH3 is 1. The van der Waals surface area contributed by atoms with Crippen LogP contribution in [0.25, 0.3) is 6.08 Å². The van der Waals surface area contributed by atoms with Crippen molar-refractivity contribution in [3.05, 3.63) is 117 Å². The number of rotatable bonds is 10. The highest BCUT2D eigenvalue weighted by Crippen LogP contribution is 2.38. The molecule has 1 aliphatic rings. The topological polar surface area (TPSA) is 88.4 Å². The molecule has 0 N–H and O–H groups in total. The molecule has 0 fully saturated rings. The molecule has 2 heterocycles. The molecule has 0 bridgehead atoms. The Hall–Kier alpha value is -3.76. The lowest BCUT2D eigenvalue weighted by atomic mass is 9.95. The van der Waals surface area contributed by atoms with Gasteiger partial charge < -0.3 is 18.9 Å². The molecule has 12 heteroatoms. The third kappa shape index (κ3) is 6.98. The van der Waals surface area contributed by atoms with Gasteiger partial charge in [0.2, 0.25) is 0 Å². The average Bonchev–Trinajstić information content (AvgIpc) is 3.30. The zero-order valence-electron chi connectivity index (χ0n) is 25.7. The Morgan fingerprint density at radius 1 is 1.07 bits per heavy atom. The summed E-state index contributed by atoms with van der Waals surface area (Å²) >= 11 is 20.2. The lowest BCUT2D eigenvalue weighted by Gasteiger charge is -2.26. The van der Waals surface area contributed by atoms with Crippen molar-refractivity contribution in [3.8, 4) is 17.2 Å². The summed E-state index contributed by atoms with van der Waals surface area (Å²) in [6.07, 6.45) is 1.57. The third-order valence-electron chi connectivity index (χ3n) is 7.03. The Morgan fingerprint density at radius 3 is 2.52 bits per heavy atom. The lowest BCUT2D eigenvalue weighted by molar-refractivity contribution is -0.139. The van der Waals surface area contributed by atoms with Crippen LogP contribution in [0.4, 0.5) is 0 Å². The second-order valence-corrected chi connectivity index (χ2v) is 12.8. The monoisotopic (exact) mass is 700 g/mol. The molecule has 0 unspecified atom stereocenters. The molecule has 5 rings (SSSR count). The molecule has 240 valence electrons. The fourth-order valence-electron chi connectivity index (χ4n) is 5.06. The summed E-state index contributed by atoms with van der Waals surface area (Å²) in [4.78, 5) is 32.5. The minimum Gasteiger partial charge on any atom is -0.493 e. The smallest absolute Gasteiger partial charge is 0.338 e. The zero-order valence-corrected chi connectivity index (χ0v) is 28.8. The predicted octanol–water partition coefficient (Wildman–Crippen LogP) is 7.13. The van der Waals surface area contributed by atoms with Crippen LogP contribution in [0, 0.1) is 0 Å². The van der Waals surface area contributed by atoms with E-state index in [-0.39, 0.29) is 35.5 Å². The van der Waals surface area contributed by atoms with Gasteiger partial charge in [-0.25, -0.2) is 9.79 Å². The number of hydrogen-bond acceptors (Lipinski definition) is 8. The maximum atomic E-state index is 14.1. The molecule has 1 aromatic heterocycles. The molecule has 0 radical (unpaired) electrons. The van der Waals surface area contributed by atoms with Gasteiger partial charge >= 0.3 is 5.97 Å². The zero-order chi connectivity index (χ0) is 33.1. The first-order valence-corrected chi connectivity index (χ1v) is 16.4. The van der Waals surface area contributed by atoms with Crippen LogP contribution in [0.5, 0.6) is 17.2 Å². The van der Waals surface area contributed by atoms with E-state index in [0.717, 1.165) is 5.56 Å². The number of ether oxygens (including phenoxy) is 4. The second kappa shape index (κ2) is 14.3. The van der Waals surface area contributed by atoms with E-state index in [1.807, 2.05) is 38.1 Å². The molecule has 4 aromatic rings. The van der Waals surface area contributed by atoms with E-state index in [1.54, 1.807) is 50.3 Å². The van der Waals surface area contributed by atoms with Gasteiger partial charge in [-0.05, 0) is 69.7 Å². The van der Waals surface area contributed by atoms with Gasteiger partial charge in [-0.3, -0.25) is 9.36 Å². The number of carbonyl (C=O) groups excluding carboxylic acids is 1. The first kappa shape index (κ1) is 33.6. The summed E-state index contributed by atoms with van der Waals surface area (Å²) in [7, 11) is 1.50. The number of nitrogens with zero attached hydrogens (tertiary/aromatic N) is 2. The highest BCUT2D eigenvalue weighted by atomic mass is 35.5. The standard InChI is InChI=1S/C34H31Cl3N2O6S/c1-6-43-33(41)29-19(4)38-34-39(30(29)23-9-7-8-10-26(23)45-18(2)3)32(40)28(46-34)15-20-13-25(37)31(27(14-20)42-5)44-17-21-11-12-22(35)16-24(21)36/h7-16,18,30H,6,17H2,1-5H3/b28-15+/t30-/m0/s1. The number of hydrogen-bond donors (Lipinski definition) is 0.